The summed E-state index contributed by atoms with van der Waals surface area (Å²) in [7, 11) is 0. The Morgan fingerprint density at radius 1 is 1.32 bits per heavy atom. The van der Waals surface area contributed by atoms with E-state index in [1.54, 1.807) is 17.0 Å². The van der Waals surface area contributed by atoms with E-state index in [4.69, 9.17) is 11.6 Å². The maximum atomic E-state index is 13.2. The number of nitrogens with zero attached hydrogens (tertiary/aromatic N) is 3. The van der Waals surface area contributed by atoms with Gasteiger partial charge in [0.1, 0.15) is 11.5 Å². The van der Waals surface area contributed by atoms with Crippen LogP contribution in [0.3, 0.4) is 0 Å². The lowest BCUT2D eigenvalue weighted by Crippen LogP contribution is -2.48. The van der Waals surface area contributed by atoms with Gasteiger partial charge in [-0.1, -0.05) is 23.7 Å². The third-order valence-corrected chi connectivity index (χ3v) is 4.05. The highest BCUT2D eigenvalue weighted by Crippen LogP contribution is 2.16. The smallest absolute Gasteiger partial charge is 0.273 e. The minimum atomic E-state index is -0.222. The Morgan fingerprint density at radius 3 is 2.73 bits per heavy atom. The zero-order chi connectivity index (χ0) is 15.5. The van der Waals surface area contributed by atoms with Crippen LogP contribution in [0.25, 0.3) is 0 Å². The fourth-order valence-corrected chi connectivity index (χ4v) is 2.75. The van der Waals surface area contributed by atoms with Crippen LogP contribution in [0.1, 0.15) is 16.1 Å². The van der Waals surface area contributed by atoms with Crippen molar-refractivity contribution in [2.45, 2.75) is 6.54 Å². The van der Waals surface area contributed by atoms with Gasteiger partial charge in [-0.15, -0.1) is 0 Å². The minimum Gasteiger partial charge on any atom is -0.335 e. The first-order chi connectivity index (χ1) is 10.6. The van der Waals surface area contributed by atoms with Crippen LogP contribution in [0.5, 0.6) is 0 Å². The third-order valence-electron chi connectivity index (χ3n) is 3.76. The molecular formula is C15H16ClFN4O. The van der Waals surface area contributed by atoms with Crippen molar-refractivity contribution < 1.29 is 9.18 Å². The second kappa shape index (κ2) is 6.46. The van der Waals surface area contributed by atoms with Gasteiger partial charge in [-0.3, -0.25) is 14.8 Å². The zero-order valence-corrected chi connectivity index (χ0v) is 12.7. The van der Waals surface area contributed by atoms with Crippen molar-refractivity contribution in [2.24, 2.45) is 0 Å². The lowest BCUT2D eigenvalue weighted by molar-refractivity contribution is 0.0623. The number of piperazine rings is 1. The molecule has 0 spiro atoms. The lowest BCUT2D eigenvalue weighted by atomic mass is 10.2. The van der Waals surface area contributed by atoms with Gasteiger partial charge in [0.05, 0.1) is 11.2 Å². The monoisotopic (exact) mass is 322 g/mol. The van der Waals surface area contributed by atoms with Crippen LogP contribution in [-0.2, 0) is 6.54 Å². The van der Waals surface area contributed by atoms with Gasteiger partial charge in [0.25, 0.3) is 5.91 Å². The first kappa shape index (κ1) is 15.0. The molecule has 5 nitrogen and oxygen atoms in total. The largest absolute Gasteiger partial charge is 0.335 e. The molecule has 1 saturated heterocycles. The van der Waals surface area contributed by atoms with E-state index in [9.17, 15) is 9.18 Å². The topological polar surface area (TPSA) is 52.2 Å². The van der Waals surface area contributed by atoms with E-state index in [0.29, 0.717) is 30.4 Å². The van der Waals surface area contributed by atoms with E-state index in [-0.39, 0.29) is 11.7 Å². The second-order valence-electron chi connectivity index (χ2n) is 5.29. The number of carbonyl (C=O) groups excluding carboxylic acids is 1. The average Bonchev–Trinajstić information content (AvgIpc) is 2.93. The number of nitrogens with one attached hydrogen (secondary N) is 1. The van der Waals surface area contributed by atoms with E-state index in [1.807, 2.05) is 6.07 Å². The average molecular weight is 323 g/mol. The molecule has 2 aromatic rings. The normalized spacial score (nSPS) is 16.0. The molecule has 1 fully saturated rings. The molecule has 22 heavy (non-hydrogen) atoms. The molecule has 1 aromatic carbocycles. The van der Waals surface area contributed by atoms with E-state index >= 15 is 0 Å². The molecule has 0 radical (unpaired) electrons. The number of amides is 1. The predicted molar refractivity (Wildman–Crippen MR) is 81.2 cm³/mol. The van der Waals surface area contributed by atoms with Crippen molar-refractivity contribution in [3.05, 3.63) is 52.6 Å². The van der Waals surface area contributed by atoms with Gasteiger partial charge in [0.2, 0.25) is 0 Å². The van der Waals surface area contributed by atoms with E-state index < -0.39 is 0 Å². The molecule has 2 heterocycles. The molecule has 1 aromatic heterocycles. The Balaban J connectivity index is 1.56. The molecule has 0 atom stereocenters. The Hall–Kier alpha value is -1.92. The van der Waals surface area contributed by atoms with Gasteiger partial charge in [0.15, 0.2) is 0 Å². The summed E-state index contributed by atoms with van der Waals surface area (Å²) in [6.45, 7) is 3.40. The summed E-state index contributed by atoms with van der Waals surface area (Å²) in [6.07, 6.45) is 1.43. The first-order valence-electron chi connectivity index (χ1n) is 7.08. The summed E-state index contributed by atoms with van der Waals surface area (Å²) in [5, 5.41) is 6.74. The molecule has 7 heteroatoms. The number of halogens is 2. The number of hydrogen-bond acceptors (Lipinski definition) is 3. The molecule has 0 saturated carbocycles. The molecule has 1 amide bonds. The summed E-state index contributed by atoms with van der Waals surface area (Å²) in [6, 6.07) is 6.60. The summed E-state index contributed by atoms with van der Waals surface area (Å²) in [5.41, 5.74) is 1.27. The SMILES string of the molecule is O=C(c1[nH]ncc1Cl)N1CCN(Cc2cccc(F)c2)CC1. The molecule has 1 aliphatic rings. The van der Waals surface area contributed by atoms with Gasteiger partial charge >= 0.3 is 0 Å². The minimum absolute atomic E-state index is 0.132. The Labute approximate surface area is 132 Å². The molecular weight excluding hydrogens is 307 g/mol. The van der Waals surface area contributed by atoms with Crippen molar-refractivity contribution in [1.29, 1.82) is 0 Å². The van der Waals surface area contributed by atoms with E-state index in [2.05, 4.69) is 15.1 Å². The Bertz CT molecular complexity index is 667. The molecule has 1 aliphatic heterocycles. The number of hydrogen-bond donors (Lipinski definition) is 1. The molecule has 0 unspecified atom stereocenters. The van der Waals surface area contributed by atoms with Crippen LogP contribution in [0.2, 0.25) is 5.02 Å². The fraction of sp³-hybridized carbons (Fsp3) is 0.333. The quantitative estimate of drug-likeness (QED) is 0.942. The van der Waals surface area contributed by atoms with Gasteiger partial charge in [0, 0.05) is 32.7 Å². The maximum Gasteiger partial charge on any atom is 0.273 e. The first-order valence-corrected chi connectivity index (χ1v) is 7.46. The number of benzene rings is 1. The second-order valence-corrected chi connectivity index (χ2v) is 5.70. The maximum absolute atomic E-state index is 13.2. The van der Waals surface area contributed by atoms with Crippen LogP contribution < -0.4 is 0 Å². The molecule has 116 valence electrons. The van der Waals surface area contributed by atoms with Crippen LogP contribution in [-0.4, -0.2) is 52.1 Å². The zero-order valence-electron chi connectivity index (χ0n) is 11.9. The van der Waals surface area contributed by atoms with Crippen molar-refractivity contribution in [3.63, 3.8) is 0 Å². The number of carbonyl (C=O) groups is 1. The molecule has 0 bridgehead atoms. The Kier molecular flexibility index (Phi) is 4.40. The fourth-order valence-electron chi connectivity index (χ4n) is 2.58. The number of aromatic nitrogens is 2. The van der Waals surface area contributed by atoms with Crippen LogP contribution in [0.4, 0.5) is 4.39 Å². The van der Waals surface area contributed by atoms with Gasteiger partial charge in [-0.25, -0.2) is 4.39 Å². The van der Waals surface area contributed by atoms with Crippen molar-refractivity contribution >= 4 is 17.5 Å². The lowest BCUT2D eigenvalue weighted by Gasteiger charge is -2.34. The van der Waals surface area contributed by atoms with Crippen molar-refractivity contribution in [2.75, 3.05) is 26.2 Å². The van der Waals surface area contributed by atoms with E-state index in [1.165, 1.54) is 12.3 Å². The number of aromatic amines is 1. The van der Waals surface area contributed by atoms with Crippen LogP contribution in [0, 0.1) is 5.82 Å². The van der Waals surface area contributed by atoms with E-state index in [0.717, 1.165) is 18.7 Å². The summed E-state index contributed by atoms with van der Waals surface area (Å²) in [4.78, 5) is 16.2. The molecule has 3 rings (SSSR count). The Morgan fingerprint density at radius 2 is 2.09 bits per heavy atom. The summed E-state index contributed by atoms with van der Waals surface area (Å²) in [5.74, 6) is -0.354. The molecule has 0 aliphatic carbocycles. The highest BCUT2D eigenvalue weighted by atomic mass is 35.5. The predicted octanol–water partition coefficient (Wildman–Crippen LogP) is 2.16. The van der Waals surface area contributed by atoms with Gasteiger partial charge in [-0.2, -0.15) is 5.10 Å². The summed E-state index contributed by atoms with van der Waals surface area (Å²) < 4.78 is 13.2. The number of rotatable bonds is 3. The third kappa shape index (κ3) is 3.28. The van der Waals surface area contributed by atoms with Crippen molar-refractivity contribution in [3.8, 4) is 0 Å². The summed E-state index contributed by atoms with van der Waals surface area (Å²) >= 11 is 5.92. The van der Waals surface area contributed by atoms with Crippen molar-refractivity contribution in [1.82, 2.24) is 20.0 Å². The van der Waals surface area contributed by atoms with Crippen LogP contribution >= 0.6 is 11.6 Å². The van der Waals surface area contributed by atoms with Crippen LogP contribution in [0.15, 0.2) is 30.5 Å². The highest BCUT2D eigenvalue weighted by molar-refractivity contribution is 6.33. The number of H-pyrrole nitrogens is 1. The molecule has 1 N–H and O–H groups in total. The van der Waals surface area contributed by atoms with Gasteiger partial charge in [-0.05, 0) is 17.7 Å². The highest BCUT2D eigenvalue weighted by Gasteiger charge is 2.24. The van der Waals surface area contributed by atoms with Gasteiger partial charge < -0.3 is 4.90 Å². The standard InChI is InChI=1S/C15H16ClFN4O/c16-13-9-18-19-14(13)15(22)21-6-4-20(5-7-21)10-11-2-1-3-12(17)8-11/h1-3,8-9H,4-7,10H2,(H,18,19).